The number of hydrogen-bond acceptors (Lipinski definition) is 4. The van der Waals surface area contributed by atoms with Gasteiger partial charge in [0.05, 0.1) is 10.4 Å². The number of hydrogen-bond donors (Lipinski definition) is 1. The second-order valence-electron chi connectivity index (χ2n) is 7.42. The van der Waals surface area contributed by atoms with E-state index in [1.165, 1.54) is 51.7 Å². The minimum absolute atomic E-state index is 0.461. The van der Waals surface area contributed by atoms with Crippen molar-refractivity contribution < 1.29 is 0 Å². The second-order valence-corrected chi connectivity index (χ2v) is 7.83. The molecule has 0 atom stereocenters. The summed E-state index contributed by atoms with van der Waals surface area (Å²) in [7, 11) is 0. The van der Waals surface area contributed by atoms with Crippen molar-refractivity contribution in [3.8, 4) is 0 Å². The fourth-order valence-corrected chi connectivity index (χ4v) is 4.53. The molecular formula is C18H26ClN5. The van der Waals surface area contributed by atoms with E-state index in [1.807, 2.05) is 6.20 Å². The molecule has 5 nitrogen and oxygen atoms in total. The molecular weight excluding hydrogens is 322 g/mol. The third-order valence-electron chi connectivity index (χ3n) is 5.88. The lowest BCUT2D eigenvalue weighted by molar-refractivity contribution is 0.119. The Balaban J connectivity index is 1.48. The zero-order valence-electron chi connectivity index (χ0n) is 14.4. The summed E-state index contributed by atoms with van der Waals surface area (Å²) in [6.45, 7) is 8.21. The monoisotopic (exact) mass is 347 g/mol. The molecule has 2 aliphatic rings. The summed E-state index contributed by atoms with van der Waals surface area (Å²) in [5.74, 6) is 0.997. The van der Waals surface area contributed by atoms with Crippen LogP contribution in [0.1, 0.15) is 39.0 Å². The molecule has 0 aliphatic carbocycles. The van der Waals surface area contributed by atoms with E-state index in [4.69, 9.17) is 11.6 Å². The van der Waals surface area contributed by atoms with E-state index < -0.39 is 0 Å². The highest BCUT2D eigenvalue weighted by atomic mass is 35.5. The van der Waals surface area contributed by atoms with Crippen LogP contribution >= 0.6 is 11.6 Å². The molecule has 0 unspecified atom stereocenters. The molecule has 2 fully saturated rings. The summed E-state index contributed by atoms with van der Waals surface area (Å²) in [6.07, 6.45) is 9.94. The first kappa shape index (κ1) is 16.2. The van der Waals surface area contributed by atoms with Crippen LogP contribution in [0.3, 0.4) is 0 Å². The van der Waals surface area contributed by atoms with E-state index >= 15 is 0 Å². The van der Waals surface area contributed by atoms with E-state index in [1.54, 1.807) is 6.33 Å². The van der Waals surface area contributed by atoms with Crippen LogP contribution in [0.15, 0.2) is 12.5 Å². The van der Waals surface area contributed by atoms with Gasteiger partial charge in [-0.25, -0.2) is 9.97 Å². The van der Waals surface area contributed by atoms with Gasteiger partial charge in [0.25, 0.3) is 0 Å². The first-order chi connectivity index (χ1) is 11.7. The summed E-state index contributed by atoms with van der Waals surface area (Å²) in [5.41, 5.74) is 1.29. The lowest BCUT2D eigenvalue weighted by atomic mass is 9.78. The predicted molar refractivity (Wildman–Crippen MR) is 98.7 cm³/mol. The zero-order valence-corrected chi connectivity index (χ0v) is 15.1. The number of halogens is 1. The standard InChI is InChI=1S/C18H26ClN5/c1-2-3-7-23-8-4-18(5-9-23)6-10-24(12-18)17-15-14(19)11-20-16(15)21-13-22-17/h11,13H,2-10,12H2,1H3,(H,20,21,22). The summed E-state index contributed by atoms with van der Waals surface area (Å²) in [5, 5.41) is 1.69. The maximum atomic E-state index is 6.36. The van der Waals surface area contributed by atoms with Crippen LogP contribution in [0.4, 0.5) is 5.82 Å². The Kier molecular flexibility index (Phi) is 4.39. The molecule has 0 radical (unpaired) electrons. The minimum atomic E-state index is 0.461. The molecule has 0 amide bonds. The average molecular weight is 348 g/mol. The van der Waals surface area contributed by atoms with Crippen molar-refractivity contribution in [2.75, 3.05) is 37.6 Å². The number of piperidine rings is 1. The van der Waals surface area contributed by atoms with E-state index in [0.717, 1.165) is 35.0 Å². The molecule has 0 bridgehead atoms. The number of unbranched alkanes of at least 4 members (excludes halogenated alkanes) is 1. The summed E-state index contributed by atoms with van der Waals surface area (Å²) < 4.78 is 0. The number of nitrogens with zero attached hydrogens (tertiary/aromatic N) is 4. The number of aromatic nitrogens is 3. The molecule has 4 heterocycles. The largest absolute Gasteiger partial charge is 0.355 e. The van der Waals surface area contributed by atoms with Crippen LogP contribution in [0.25, 0.3) is 11.0 Å². The van der Waals surface area contributed by atoms with Crippen molar-refractivity contribution in [3.05, 3.63) is 17.5 Å². The summed E-state index contributed by atoms with van der Waals surface area (Å²) >= 11 is 6.36. The maximum absolute atomic E-state index is 6.36. The van der Waals surface area contributed by atoms with Crippen LogP contribution in [-0.4, -0.2) is 52.6 Å². The molecule has 2 saturated heterocycles. The number of nitrogens with one attached hydrogen (secondary N) is 1. The first-order valence-corrected chi connectivity index (χ1v) is 9.53. The molecule has 0 aromatic carbocycles. The Hall–Kier alpha value is -1.33. The molecule has 2 aliphatic heterocycles. The van der Waals surface area contributed by atoms with Crippen LogP contribution in [0, 0.1) is 5.41 Å². The van der Waals surface area contributed by atoms with Crippen LogP contribution in [0.5, 0.6) is 0 Å². The van der Waals surface area contributed by atoms with Gasteiger partial charge >= 0.3 is 0 Å². The Morgan fingerprint density at radius 1 is 1.21 bits per heavy atom. The third-order valence-corrected chi connectivity index (χ3v) is 6.18. The van der Waals surface area contributed by atoms with E-state index in [2.05, 4.69) is 31.7 Å². The van der Waals surface area contributed by atoms with E-state index in [0.29, 0.717) is 5.41 Å². The smallest absolute Gasteiger partial charge is 0.144 e. The molecule has 1 spiro atoms. The van der Waals surface area contributed by atoms with Gasteiger partial charge in [0.1, 0.15) is 17.8 Å². The fourth-order valence-electron chi connectivity index (χ4n) is 4.31. The van der Waals surface area contributed by atoms with Crippen molar-refractivity contribution in [2.45, 2.75) is 39.0 Å². The predicted octanol–water partition coefficient (Wildman–Crippen LogP) is 3.70. The number of likely N-dealkylation sites (tertiary alicyclic amines) is 1. The number of rotatable bonds is 4. The Bertz CT molecular complexity index is 704. The summed E-state index contributed by atoms with van der Waals surface area (Å²) in [4.78, 5) is 17.0. The first-order valence-electron chi connectivity index (χ1n) is 9.16. The van der Waals surface area contributed by atoms with Crippen molar-refractivity contribution in [2.24, 2.45) is 5.41 Å². The molecule has 0 saturated carbocycles. The molecule has 1 N–H and O–H groups in total. The van der Waals surface area contributed by atoms with Gasteiger partial charge in [-0.3, -0.25) is 0 Å². The lowest BCUT2D eigenvalue weighted by Gasteiger charge is -2.39. The van der Waals surface area contributed by atoms with Gasteiger partial charge in [0.15, 0.2) is 0 Å². The van der Waals surface area contributed by atoms with Gasteiger partial charge in [-0.05, 0) is 50.7 Å². The van der Waals surface area contributed by atoms with E-state index in [9.17, 15) is 0 Å². The molecule has 4 rings (SSSR count). The van der Waals surface area contributed by atoms with Gasteiger partial charge in [0, 0.05) is 19.3 Å². The van der Waals surface area contributed by atoms with Gasteiger partial charge in [0.2, 0.25) is 0 Å². The van der Waals surface area contributed by atoms with Crippen molar-refractivity contribution in [1.82, 2.24) is 19.9 Å². The fraction of sp³-hybridized carbons (Fsp3) is 0.667. The number of anilines is 1. The zero-order chi connectivity index (χ0) is 16.6. The molecule has 2 aromatic rings. The van der Waals surface area contributed by atoms with Gasteiger partial charge in [-0.1, -0.05) is 24.9 Å². The highest BCUT2D eigenvalue weighted by molar-refractivity contribution is 6.36. The quantitative estimate of drug-likeness (QED) is 0.916. The van der Waals surface area contributed by atoms with Gasteiger partial charge < -0.3 is 14.8 Å². The highest BCUT2D eigenvalue weighted by Crippen LogP contribution is 2.43. The van der Waals surface area contributed by atoms with Crippen LogP contribution in [-0.2, 0) is 0 Å². The van der Waals surface area contributed by atoms with Crippen LogP contribution < -0.4 is 4.90 Å². The van der Waals surface area contributed by atoms with Gasteiger partial charge in [-0.15, -0.1) is 0 Å². The Morgan fingerprint density at radius 2 is 2.00 bits per heavy atom. The average Bonchev–Trinajstić information content (AvgIpc) is 3.19. The second kappa shape index (κ2) is 6.52. The molecule has 6 heteroatoms. The summed E-state index contributed by atoms with van der Waals surface area (Å²) in [6, 6.07) is 0. The molecule has 24 heavy (non-hydrogen) atoms. The van der Waals surface area contributed by atoms with Gasteiger partial charge in [-0.2, -0.15) is 0 Å². The topological polar surface area (TPSA) is 48.1 Å². The number of fused-ring (bicyclic) bond motifs is 1. The molecule has 130 valence electrons. The Labute approximate surface area is 148 Å². The SMILES string of the molecule is CCCCN1CCC2(CC1)CCN(c1ncnc3[nH]cc(Cl)c13)C2. The van der Waals surface area contributed by atoms with E-state index in [-0.39, 0.29) is 0 Å². The molecule has 2 aromatic heterocycles. The third kappa shape index (κ3) is 2.88. The number of H-pyrrole nitrogens is 1. The van der Waals surface area contributed by atoms with Crippen LogP contribution in [0.2, 0.25) is 5.02 Å². The Morgan fingerprint density at radius 3 is 2.79 bits per heavy atom. The maximum Gasteiger partial charge on any atom is 0.144 e. The minimum Gasteiger partial charge on any atom is -0.355 e. The van der Waals surface area contributed by atoms with Crippen molar-refractivity contribution >= 4 is 28.5 Å². The normalized spacial score (nSPS) is 21.2. The lowest BCUT2D eigenvalue weighted by Crippen LogP contribution is -2.42. The highest BCUT2D eigenvalue weighted by Gasteiger charge is 2.41. The van der Waals surface area contributed by atoms with Crippen molar-refractivity contribution in [1.29, 1.82) is 0 Å². The number of aromatic amines is 1. The van der Waals surface area contributed by atoms with Crippen molar-refractivity contribution in [3.63, 3.8) is 0 Å².